The van der Waals surface area contributed by atoms with Gasteiger partial charge in [0.05, 0.1) is 19.8 Å². The van der Waals surface area contributed by atoms with Gasteiger partial charge in [0, 0.05) is 0 Å². The van der Waals surface area contributed by atoms with Crippen LogP contribution in [0, 0.1) is 5.82 Å². The Morgan fingerprint density at radius 2 is 2.09 bits per heavy atom. The van der Waals surface area contributed by atoms with E-state index in [4.69, 9.17) is 4.74 Å². The highest BCUT2D eigenvalue weighted by Gasteiger charge is 2.52. The number of halogens is 1. The Kier molecular flexibility index (Phi) is 3.97. The maximum absolute atomic E-state index is 13.7. The fraction of sp³-hybridized carbons (Fsp3) is 0.500. The monoisotopic (exact) mass is 322 g/mol. The minimum absolute atomic E-state index is 0.0702. The van der Waals surface area contributed by atoms with Crippen molar-refractivity contribution in [2.45, 2.75) is 37.3 Å². The van der Waals surface area contributed by atoms with Gasteiger partial charge in [0.15, 0.2) is 11.6 Å². The second-order valence-electron chi connectivity index (χ2n) is 6.04. The Hall–Kier alpha value is -2.15. The van der Waals surface area contributed by atoms with Crippen LogP contribution in [0.25, 0.3) is 0 Å². The van der Waals surface area contributed by atoms with Crippen LogP contribution < -0.4 is 10.1 Å². The summed E-state index contributed by atoms with van der Waals surface area (Å²) in [6, 6.07) is 3.56. The van der Waals surface area contributed by atoms with Gasteiger partial charge in [-0.25, -0.2) is 9.18 Å². The van der Waals surface area contributed by atoms with Crippen molar-refractivity contribution in [3.63, 3.8) is 0 Å². The van der Waals surface area contributed by atoms with E-state index in [0.717, 1.165) is 23.8 Å². The van der Waals surface area contributed by atoms with Crippen molar-refractivity contribution in [2.75, 3.05) is 13.7 Å². The molecule has 1 saturated heterocycles. The zero-order valence-electron chi connectivity index (χ0n) is 12.8. The van der Waals surface area contributed by atoms with Crippen LogP contribution in [0.5, 0.6) is 5.75 Å². The van der Waals surface area contributed by atoms with E-state index in [2.05, 4.69) is 5.32 Å². The number of aliphatic hydroxyl groups is 1. The van der Waals surface area contributed by atoms with E-state index >= 15 is 0 Å². The number of nitrogens with one attached hydrogen (secondary N) is 1. The molecule has 124 valence electrons. The lowest BCUT2D eigenvalue weighted by Gasteiger charge is -2.21. The molecule has 1 spiro atoms. The largest absolute Gasteiger partial charge is 0.494 e. The van der Waals surface area contributed by atoms with Crippen LogP contribution in [-0.4, -0.2) is 41.1 Å². The molecule has 0 radical (unpaired) electrons. The summed E-state index contributed by atoms with van der Waals surface area (Å²) in [6.45, 7) is -0.196. The predicted octanol–water partition coefficient (Wildman–Crippen LogP) is 1.73. The maximum atomic E-state index is 13.7. The summed E-state index contributed by atoms with van der Waals surface area (Å²) in [5, 5.41) is 13.0. The van der Waals surface area contributed by atoms with Gasteiger partial charge in [-0.3, -0.25) is 9.69 Å². The average Bonchev–Trinajstić information content (AvgIpc) is 3.08. The number of methoxy groups -OCH3 is 1. The summed E-state index contributed by atoms with van der Waals surface area (Å²) in [7, 11) is 1.35. The summed E-state index contributed by atoms with van der Waals surface area (Å²) < 4.78 is 18.5. The zero-order chi connectivity index (χ0) is 16.6. The Bertz CT molecular complexity index is 643. The predicted molar refractivity (Wildman–Crippen MR) is 79.4 cm³/mol. The molecule has 1 aromatic carbocycles. The van der Waals surface area contributed by atoms with Gasteiger partial charge in [0.25, 0.3) is 5.91 Å². The minimum Gasteiger partial charge on any atom is -0.494 e. The van der Waals surface area contributed by atoms with Crippen molar-refractivity contribution in [1.29, 1.82) is 0 Å². The molecule has 2 aliphatic rings. The molecule has 23 heavy (non-hydrogen) atoms. The Balaban J connectivity index is 1.75. The van der Waals surface area contributed by atoms with E-state index in [-0.39, 0.29) is 23.8 Å². The second kappa shape index (κ2) is 5.81. The molecule has 0 aromatic heterocycles. The molecular formula is C16H19FN2O4. The number of rotatable bonds is 4. The lowest BCUT2D eigenvalue weighted by Crippen LogP contribution is -2.44. The van der Waals surface area contributed by atoms with Crippen molar-refractivity contribution >= 4 is 11.9 Å². The van der Waals surface area contributed by atoms with Gasteiger partial charge in [-0.2, -0.15) is 0 Å². The second-order valence-corrected chi connectivity index (χ2v) is 6.04. The molecule has 3 amide bonds. The summed E-state index contributed by atoms with van der Waals surface area (Å²) in [5.74, 6) is -0.831. The van der Waals surface area contributed by atoms with E-state index < -0.39 is 23.5 Å². The number of nitrogens with zero attached hydrogens (tertiary/aromatic N) is 1. The number of hydrogen-bond acceptors (Lipinski definition) is 4. The maximum Gasteiger partial charge on any atom is 0.325 e. The van der Waals surface area contributed by atoms with E-state index in [1.165, 1.54) is 19.2 Å². The highest BCUT2D eigenvalue weighted by Crippen LogP contribution is 2.35. The van der Waals surface area contributed by atoms with E-state index in [0.29, 0.717) is 12.8 Å². The van der Waals surface area contributed by atoms with Gasteiger partial charge >= 0.3 is 6.03 Å². The standard InChI is InChI=1S/C16H19FN2O4/c1-23-13-5-4-10(8-11(13)17)12(20)9-19-14(21)16(18-15(19)22)6-2-3-7-16/h4-5,8,12,20H,2-3,6-7,9H2,1H3,(H,18,22)/t12-/m1/s1. The number of carbonyl (C=O) groups excluding carboxylic acids is 2. The number of carbonyl (C=O) groups is 2. The van der Waals surface area contributed by atoms with Crippen molar-refractivity contribution in [1.82, 2.24) is 10.2 Å². The Labute approximate surface area is 133 Å². The van der Waals surface area contributed by atoms with Gasteiger partial charge in [0.1, 0.15) is 5.54 Å². The lowest BCUT2D eigenvalue weighted by molar-refractivity contribution is -0.132. The van der Waals surface area contributed by atoms with Crippen molar-refractivity contribution < 1.29 is 23.8 Å². The van der Waals surface area contributed by atoms with Gasteiger partial charge in [-0.15, -0.1) is 0 Å². The van der Waals surface area contributed by atoms with Crippen LogP contribution in [-0.2, 0) is 4.79 Å². The van der Waals surface area contributed by atoms with E-state index in [9.17, 15) is 19.1 Å². The number of imide groups is 1. The first-order valence-corrected chi connectivity index (χ1v) is 7.62. The van der Waals surface area contributed by atoms with Crippen LogP contribution >= 0.6 is 0 Å². The van der Waals surface area contributed by atoms with Gasteiger partial charge in [-0.1, -0.05) is 18.9 Å². The van der Waals surface area contributed by atoms with Gasteiger partial charge in [0.2, 0.25) is 0 Å². The molecule has 1 aromatic rings. The molecule has 1 saturated carbocycles. The molecular weight excluding hydrogens is 303 g/mol. The smallest absolute Gasteiger partial charge is 0.325 e. The van der Waals surface area contributed by atoms with Crippen LogP contribution in [0.1, 0.15) is 37.4 Å². The lowest BCUT2D eigenvalue weighted by atomic mass is 9.98. The number of urea groups is 1. The SMILES string of the molecule is COc1ccc([C@H](O)CN2C(=O)NC3(CCCC3)C2=O)cc1F. The molecule has 1 aliphatic carbocycles. The average molecular weight is 322 g/mol. The third-order valence-corrected chi connectivity index (χ3v) is 4.62. The number of β-amino-alcohol motifs (C(OH)–C–C–N with tert-alkyl or cyclic N) is 1. The molecule has 2 N–H and O–H groups in total. The minimum atomic E-state index is -1.15. The topological polar surface area (TPSA) is 78.9 Å². The molecule has 7 heteroatoms. The van der Waals surface area contributed by atoms with Crippen LogP contribution in [0.15, 0.2) is 18.2 Å². The van der Waals surface area contributed by atoms with E-state index in [1.54, 1.807) is 0 Å². The summed E-state index contributed by atoms with van der Waals surface area (Å²) >= 11 is 0. The Morgan fingerprint density at radius 3 is 2.70 bits per heavy atom. The first-order chi connectivity index (χ1) is 11.0. The van der Waals surface area contributed by atoms with E-state index in [1.807, 2.05) is 0 Å². The van der Waals surface area contributed by atoms with Gasteiger partial charge < -0.3 is 15.2 Å². The zero-order valence-corrected chi connectivity index (χ0v) is 12.8. The fourth-order valence-corrected chi connectivity index (χ4v) is 3.33. The molecule has 0 bridgehead atoms. The highest BCUT2D eigenvalue weighted by atomic mass is 19.1. The number of hydrogen-bond donors (Lipinski definition) is 2. The first-order valence-electron chi connectivity index (χ1n) is 7.62. The molecule has 0 unspecified atom stereocenters. The van der Waals surface area contributed by atoms with Crippen molar-refractivity contribution in [3.8, 4) is 5.75 Å². The summed E-state index contributed by atoms with van der Waals surface area (Å²) in [6.07, 6.45) is 1.89. The summed E-state index contributed by atoms with van der Waals surface area (Å²) in [4.78, 5) is 25.6. The molecule has 2 fully saturated rings. The van der Waals surface area contributed by atoms with Crippen molar-refractivity contribution in [2.24, 2.45) is 0 Å². The third-order valence-electron chi connectivity index (χ3n) is 4.62. The molecule has 3 rings (SSSR count). The third kappa shape index (κ3) is 2.65. The molecule has 1 aliphatic heterocycles. The van der Waals surface area contributed by atoms with Crippen LogP contribution in [0.2, 0.25) is 0 Å². The molecule has 1 heterocycles. The van der Waals surface area contributed by atoms with Crippen molar-refractivity contribution in [3.05, 3.63) is 29.6 Å². The first kappa shape index (κ1) is 15.7. The highest BCUT2D eigenvalue weighted by molar-refractivity contribution is 6.07. The fourth-order valence-electron chi connectivity index (χ4n) is 3.33. The summed E-state index contributed by atoms with van der Waals surface area (Å²) in [5.41, 5.74) is -0.515. The van der Waals surface area contributed by atoms with Crippen LogP contribution in [0.3, 0.4) is 0 Å². The normalized spacial score (nSPS) is 20.9. The number of amides is 3. The quantitative estimate of drug-likeness (QED) is 0.828. The number of aliphatic hydroxyl groups excluding tert-OH is 1. The molecule has 1 atom stereocenters. The Morgan fingerprint density at radius 1 is 1.39 bits per heavy atom. The van der Waals surface area contributed by atoms with Crippen LogP contribution in [0.4, 0.5) is 9.18 Å². The number of ether oxygens (including phenoxy) is 1. The van der Waals surface area contributed by atoms with Gasteiger partial charge in [-0.05, 0) is 30.5 Å². The number of benzene rings is 1. The molecule has 6 nitrogen and oxygen atoms in total.